The first-order valence-electron chi connectivity index (χ1n) is 9.14. The van der Waals surface area contributed by atoms with E-state index in [9.17, 15) is 29.2 Å². The van der Waals surface area contributed by atoms with Crippen molar-refractivity contribution in [1.82, 2.24) is 14.6 Å². The van der Waals surface area contributed by atoms with E-state index in [1.54, 1.807) is 0 Å². The SMILES string of the molecule is Cc1cn(C2CC(O)C(C(=O)Nc3ccc(NC(=O)N(C)N=O)cc3)O2)c(=O)[nH]c1=O. The van der Waals surface area contributed by atoms with E-state index in [0.29, 0.717) is 16.4 Å². The Morgan fingerprint density at radius 1 is 1.23 bits per heavy atom. The molecule has 1 aliphatic heterocycles. The maximum Gasteiger partial charge on any atom is 0.344 e. The van der Waals surface area contributed by atoms with Crippen molar-refractivity contribution in [1.29, 1.82) is 0 Å². The van der Waals surface area contributed by atoms with Gasteiger partial charge in [0.2, 0.25) is 0 Å². The first-order chi connectivity index (χ1) is 14.7. The smallest absolute Gasteiger partial charge is 0.344 e. The zero-order valence-electron chi connectivity index (χ0n) is 16.6. The number of rotatable bonds is 5. The number of nitroso groups, excluding NO2 is 1. The minimum absolute atomic E-state index is 0.0211. The van der Waals surface area contributed by atoms with Gasteiger partial charge in [-0.1, -0.05) is 0 Å². The number of nitrogens with one attached hydrogen (secondary N) is 3. The molecule has 1 fully saturated rings. The van der Waals surface area contributed by atoms with E-state index in [4.69, 9.17) is 4.74 Å². The molecule has 3 atom stereocenters. The van der Waals surface area contributed by atoms with Crippen LogP contribution >= 0.6 is 0 Å². The lowest BCUT2D eigenvalue weighted by atomic mass is 10.1. The Hall–Kier alpha value is -3.84. The predicted octanol–water partition coefficient (Wildman–Crippen LogP) is 0.277. The standard InChI is InChI=1S/C18H20N6O7/c1-9-8-24(18(29)21-15(9)26)13-7-12(25)14(31-13)16(27)19-10-3-5-11(6-4-10)20-17(28)23(2)22-30/h3-6,8,12-14,25H,7H2,1-2H3,(H,19,27)(H,20,28)(H,21,26,29). The summed E-state index contributed by atoms with van der Waals surface area (Å²) in [6, 6.07) is 5.24. The quantitative estimate of drug-likeness (QED) is 0.387. The third-order valence-corrected chi connectivity index (χ3v) is 4.63. The molecule has 1 aromatic carbocycles. The maximum absolute atomic E-state index is 12.5. The Balaban J connectivity index is 1.65. The topological polar surface area (TPSA) is 175 Å². The molecule has 1 aliphatic rings. The molecule has 0 aliphatic carbocycles. The van der Waals surface area contributed by atoms with Crippen LogP contribution in [0.5, 0.6) is 0 Å². The van der Waals surface area contributed by atoms with Gasteiger partial charge in [0.15, 0.2) is 6.10 Å². The van der Waals surface area contributed by atoms with Crippen LogP contribution in [0.25, 0.3) is 0 Å². The van der Waals surface area contributed by atoms with Crippen LogP contribution < -0.4 is 21.9 Å². The van der Waals surface area contributed by atoms with Crippen molar-refractivity contribution >= 4 is 23.3 Å². The van der Waals surface area contributed by atoms with Crippen LogP contribution in [-0.2, 0) is 9.53 Å². The average Bonchev–Trinajstić information content (AvgIpc) is 3.12. The average molecular weight is 432 g/mol. The fraction of sp³-hybridized carbons (Fsp3) is 0.333. The van der Waals surface area contributed by atoms with Crippen LogP contribution in [0, 0.1) is 11.8 Å². The van der Waals surface area contributed by atoms with Crippen LogP contribution in [-0.4, -0.2) is 50.9 Å². The van der Waals surface area contributed by atoms with E-state index in [1.807, 2.05) is 0 Å². The number of aliphatic hydroxyl groups is 1. The second-order valence-corrected chi connectivity index (χ2v) is 6.90. The minimum atomic E-state index is -1.24. The Morgan fingerprint density at radius 3 is 2.45 bits per heavy atom. The van der Waals surface area contributed by atoms with Gasteiger partial charge in [-0.25, -0.2) is 9.59 Å². The Labute approximate surface area is 174 Å². The summed E-state index contributed by atoms with van der Waals surface area (Å²) in [4.78, 5) is 60.1. The molecule has 4 N–H and O–H groups in total. The summed E-state index contributed by atoms with van der Waals surface area (Å²) in [6.07, 6.45) is -2.05. The third-order valence-electron chi connectivity index (χ3n) is 4.63. The van der Waals surface area contributed by atoms with E-state index < -0.39 is 41.6 Å². The van der Waals surface area contributed by atoms with Crippen LogP contribution in [0.15, 0.2) is 45.3 Å². The lowest BCUT2D eigenvalue weighted by Crippen LogP contribution is -2.36. The molecule has 31 heavy (non-hydrogen) atoms. The highest BCUT2D eigenvalue weighted by Gasteiger charge is 2.40. The second kappa shape index (κ2) is 8.89. The van der Waals surface area contributed by atoms with E-state index in [2.05, 4.69) is 20.9 Å². The van der Waals surface area contributed by atoms with Crippen molar-refractivity contribution in [2.45, 2.75) is 31.8 Å². The van der Waals surface area contributed by atoms with Crippen LogP contribution in [0.3, 0.4) is 0 Å². The van der Waals surface area contributed by atoms with Crippen molar-refractivity contribution in [2.75, 3.05) is 17.7 Å². The number of carbonyl (C=O) groups excluding carboxylic acids is 2. The fourth-order valence-corrected chi connectivity index (χ4v) is 2.95. The molecule has 3 unspecified atom stereocenters. The van der Waals surface area contributed by atoms with Crippen molar-refractivity contribution in [3.8, 4) is 0 Å². The summed E-state index contributed by atoms with van der Waals surface area (Å²) in [7, 11) is 1.19. The molecular formula is C18H20N6O7. The lowest BCUT2D eigenvalue weighted by Gasteiger charge is -2.16. The molecule has 1 saturated heterocycles. The molecule has 1 aromatic heterocycles. The molecule has 3 rings (SSSR count). The molecule has 0 radical (unpaired) electrons. The summed E-state index contributed by atoms with van der Waals surface area (Å²) in [5.41, 5.74) is -0.220. The van der Waals surface area contributed by atoms with Crippen molar-refractivity contribution in [2.24, 2.45) is 5.29 Å². The van der Waals surface area contributed by atoms with Gasteiger partial charge in [0, 0.05) is 36.6 Å². The van der Waals surface area contributed by atoms with E-state index in [0.717, 1.165) is 4.57 Å². The van der Waals surface area contributed by atoms with Gasteiger partial charge in [0.25, 0.3) is 11.5 Å². The van der Waals surface area contributed by atoms with Crippen molar-refractivity contribution in [3.63, 3.8) is 0 Å². The minimum Gasteiger partial charge on any atom is -0.390 e. The van der Waals surface area contributed by atoms with E-state index >= 15 is 0 Å². The number of urea groups is 1. The fourth-order valence-electron chi connectivity index (χ4n) is 2.95. The number of benzene rings is 1. The maximum atomic E-state index is 12.5. The molecule has 0 saturated carbocycles. The Morgan fingerprint density at radius 2 is 1.84 bits per heavy atom. The molecule has 3 amide bonds. The zero-order chi connectivity index (χ0) is 22.7. The van der Waals surface area contributed by atoms with Gasteiger partial charge in [0.05, 0.1) is 11.4 Å². The van der Waals surface area contributed by atoms with Gasteiger partial charge >= 0.3 is 11.7 Å². The number of nitrogens with zero attached hydrogens (tertiary/aromatic N) is 3. The third kappa shape index (κ3) is 4.84. The summed E-state index contributed by atoms with van der Waals surface area (Å²) in [5, 5.41) is 18.3. The number of hydrogen-bond donors (Lipinski definition) is 4. The van der Waals surface area contributed by atoms with Crippen LogP contribution in [0.2, 0.25) is 0 Å². The summed E-state index contributed by atoms with van der Waals surface area (Å²) in [5.74, 6) is -0.633. The number of ether oxygens (including phenoxy) is 1. The van der Waals surface area contributed by atoms with Crippen molar-refractivity contribution < 1.29 is 19.4 Å². The summed E-state index contributed by atoms with van der Waals surface area (Å²) >= 11 is 0. The number of H-pyrrole nitrogens is 1. The molecule has 0 spiro atoms. The van der Waals surface area contributed by atoms with Gasteiger partial charge in [0.1, 0.15) is 6.23 Å². The van der Waals surface area contributed by atoms with Gasteiger partial charge in [-0.2, -0.15) is 5.01 Å². The van der Waals surface area contributed by atoms with E-state index in [-0.39, 0.29) is 12.0 Å². The Bertz CT molecular complexity index is 1110. The van der Waals surface area contributed by atoms with E-state index in [1.165, 1.54) is 44.4 Å². The number of hydrogen-bond acceptors (Lipinski definition) is 8. The highest BCUT2D eigenvalue weighted by atomic mass is 16.5. The molecule has 13 nitrogen and oxygen atoms in total. The van der Waals surface area contributed by atoms with Gasteiger partial charge in [-0.3, -0.25) is 19.1 Å². The summed E-state index contributed by atoms with van der Waals surface area (Å²) < 4.78 is 6.68. The molecule has 164 valence electrons. The number of aromatic nitrogens is 2. The monoisotopic (exact) mass is 432 g/mol. The molecule has 13 heteroatoms. The molecule has 2 heterocycles. The number of aryl methyl sites for hydroxylation is 1. The molecular weight excluding hydrogens is 412 g/mol. The normalized spacial score (nSPS) is 20.2. The lowest BCUT2D eigenvalue weighted by molar-refractivity contribution is -0.132. The summed E-state index contributed by atoms with van der Waals surface area (Å²) in [6.45, 7) is 1.52. The van der Waals surface area contributed by atoms with Gasteiger partial charge in [-0.15, -0.1) is 4.91 Å². The Kier molecular flexibility index (Phi) is 6.27. The largest absolute Gasteiger partial charge is 0.390 e. The highest BCUT2D eigenvalue weighted by molar-refractivity contribution is 5.95. The molecule has 2 aromatic rings. The zero-order valence-corrected chi connectivity index (χ0v) is 16.6. The van der Waals surface area contributed by atoms with Gasteiger partial charge in [-0.05, 0) is 31.2 Å². The van der Waals surface area contributed by atoms with Crippen LogP contribution in [0.4, 0.5) is 16.2 Å². The predicted molar refractivity (Wildman–Crippen MR) is 108 cm³/mol. The first kappa shape index (κ1) is 21.9. The number of carbonyl (C=O) groups is 2. The number of aliphatic hydroxyl groups excluding tert-OH is 1. The molecule has 0 bridgehead atoms. The van der Waals surface area contributed by atoms with Crippen LogP contribution in [0.1, 0.15) is 18.2 Å². The first-order valence-corrected chi connectivity index (χ1v) is 9.14. The number of anilines is 2. The number of amides is 3. The van der Waals surface area contributed by atoms with Crippen molar-refractivity contribution in [3.05, 3.63) is 61.8 Å². The second-order valence-electron chi connectivity index (χ2n) is 6.90. The number of aromatic amines is 1. The highest BCUT2D eigenvalue weighted by Crippen LogP contribution is 2.28. The van der Waals surface area contributed by atoms with Gasteiger partial charge < -0.3 is 20.5 Å².